The first-order valence-electron chi connectivity index (χ1n) is 7.34. The molecule has 0 bridgehead atoms. The zero-order chi connectivity index (χ0) is 16.4. The van der Waals surface area contributed by atoms with Crippen molar-refractivity contribution in [2.45, 2.75) is 26.4 Å². The van der Waals surface area contributed by atoms with Crippen LogP contribution in [0.4, 0.5) is 5.95 Å². The van der Waals surface area contributed by atoms with E-state index in [0.29, 0.717) is 11.7 Å². The lowest BCUT2D eigenvalue weighted by Gasteiger charge is -2.21. The monoisotopic (exact) mass is 313 g/mol. The van der Waals surface area contributed by atoms with Gasteiger partial charge in [0.25, 0.3) is 0 Å². The molecule has 1 aromatic carbocycles. The minimum absolute atomic E-state index is 0.214. The molecule has 0 radical (unpaired) electrons. The Morgan fingerprint density at radius 1 is 1.17 bits per heavy atom. The van der Waals surface area contributed by atoms with Crippen LogP contribution in [0.3, 0.4) is 0 Å². The average Bonchev–Trinajstić information content (AvgIpc) is 3.15. The van der Waals surface area contributed by atoms with Crippen LogP contribution in [-0.4, -0.2) is 31.9 Å². The molecule has 3 aromatic rings. The second-order valence-electron chi connectivity index (χ2n) is 5.79. The van der Waals surface area contributed by atoms with Crippen LogP contribution in [0.15, 0.2) is 40.8 Å². The van der Waals surface area contributed by atoms with Crippen molar-refractivity contribution in [3.63, 3.8) is 0 Å². The number of hydrogen-bond acceptors (Lipinski definition) is 6. The Kier molecular flexibility index (Phi) is 3.87. The average molecular weight is 313 g/mol. The number of benzene rings is 1. The van der Waals surface area contributed by atoms with Crippen LogP contribution in [0.1, 0.15) is 24.0 Å². The molecule has 0 aliphatic rings. The number of furan rings is 1. The van der Waals surface area contributed by atoms with Gasteiger partial charge in [-0.25, -0.2) is 0 Å². The maximum absolute atomic E-state index is 10.6. The van der Waals surface area contributed by atoms with E-state index in [9.17, 15) is 5.11 Å². The highest BCUT2D eigenvalue weighted by Gasteiger charge is 2.27. The first-order valence-corrected chi connectivity index (χ1v) is 7.34. The van der Waals surface area contributed by atoms with Gasteiger partial charge in [0, 0.05) is 0 Å². The molecule has 0 amide bonds. The molecule has 2 heterocycles. The SMILES string of the molecule is Cc1ccc(-n2nnnc2NCC(C)(O)c2ccc(C)o2)cc1. The van der Waals surface area contributed by atoms with Gasteiger partial charge in [-0.05, 0) is 55.5 Å². The van der Waals surface area contributed by atoms with E-state index in [1.807, 2.05) is 44.2 Å². The van der Waals surface area contributed by atoms with Crippen LogP contribution in [0.25, 0.3) is 5.69 Å². The molecule has 1 atom stereocenters. The van der Waals surface area contributed by atoms with Gasteiger partial charge in [-0.3, -0.25) is 0 Å². The molecular weight excluding hydrogens is 294 g/mol. The Labute approximate surface area is 133 Å². The van der Waals surface area contributed by atoms with Crippen molar-refractivity contribution in [2.75, 3.05) is 11.9 Å². The van der Waals surface area contributed by atoms with E-state index in [-0.39, 0.29) is 6.54 Å². The van der Waals surface area contributed by atoms with Gasteiger partial charge in [-0.15, -0.1) is 0 Å². The van der Waals surface area contributed by atoms with Gasteiger partial charge in [-0.1, -0.05) is 22.8 Å². The number of anilines is 1. The summed E-state index contributed by atoms with van der Waals surface area (Å²) < 4.78 is 7.08. The van der Waals surface area contributed by atoms with Crippen LogP contribution < -0.4 is 5.32 Å². The minimum Gasteiger partial charge on any atom is -0.463 e. The summed E-state index contributed by atoms with van der Waals surface area (Å²) in [7, 11) is 0. The summed E-state index contributed by atoms with van der Waals surface area (Å²) in [4.78, 5) is 0. The molecule has 2 N–H and O–H groups in total. The largest absolute Gasteiger partial charge is 0.463 e. The van der Waals surface area contributed by atoms with E-state index in [4.69, 9.17) is 4.42 Å². The van der Waals surface area contributed by atoms with E-state index in [1.54, 1.807) is 17.7 Å². The van der Waals surface area contributed by atoms with Crippen molar-refractivity contribution in [1.82, 2.24) is 20.2 Å². The third-order valence-electron chi connectivity index (χ3n) is 3.61. The number of nitrogens with zero attached hydrogens (tertiary/aromatic N) is 4. The summed E-state index contributed by atoms with van der Waals surface area (Å²) in [5.41, 5.74) is 0.835. The van der Waals surface area contributed by atoms with E-state index in [0.717, 1.165) is 17.0 Å². The lowest BCUT2D eigenvalue weighted by Crippen LogP contribution is -2.31. The van der Waals surface area contributed by atoms with Gasteiger partial charge < -0.3 is 14.8 Å². The summed E-state index contributed by atoms with van der Waals surface area (Å²) in [6.07, 6.45) is 0. The maximum Gasteiger partial charge on any atom is 0.247 e. The zero-order valence-electron chi connectivity index (χ0n) is 13.3. The highest BCUT2D eigenvalue weighted by molar-refractivity contribution is 5.40. The second kappa shape index (κ2) is 5.85. The van der Waals surface area contributed by atoms with Crippen molar-refractivity contribution < 1.29 is 9.52 Å². The van der Waals surface area contributed by atoms with Gasteiger partial charge in [0.2, 0.25) is 5.95 Å². The maximum atomic E-state index is 10.6. The molecule has 7 heteroatoms. The lowest BCUT2D eigenvalue weighted by molar-refractivity contribution is 0.0466. The topological polar surface area (TPSA) is 89.0 Å². The summed E-state index contributed by atoms with van der Waals surface area (Å²) >= 11 is 0. The van der Waals surface area contributed by atoms with E-state index in [1.165, 1.54) is 0 Å². The van der Waals surface area contributed by atoms with Crippen LogP contribution in [-0.2, 0) is 5.60 Å². The Morgan fingerprint density at radius 2 is 1.91 bits per heavy atom. The molecule has 0 saturated carbocycles. The summed E-state index contributed by atoms with van der Waals surface area (Å²) in [5, 5.41) is 25.3. The number of tetrazole rings is 1. The number of aryl methyl sites for hydroxylation is 2. The molecule has 1 unspecified atom stereocenters. The normalized spacial score (nSPS) is 13.7. The van der Waals surface area contributed by atoms with Crippen LogP contribution in [0.5, 0.6) is 0 Å². The van der Waals surface area contributed by atoms with Crippen molar-refractivity contribution in [3.8, 4) is 5.69 Å². The quantitative estimate of drug-likeness (QED) is 0.750. The molecule has 120 valence electrons. The first kappa shape index (κ1) is 15.2. The van der Waals surface area contributed by atoms with Crippen LogP contribution in [0.2, 0.25) is 0 Å². The minimum atomic E-state index is -1.17. The highest BCUT2D eigenvalue weighted by Crippen LogP contribution is 2.23. The fourth-order valence-electron chi connectivity index (χ4n) is 2.22. The summed E-state index contributed by atoms with van der Waals surface area (Å²) in [6.45, 7) is 5.75. The van der Waals surface area contributed by atoms with E-state index >= 15 is 0 Å². The predicted molar refractivity (Wildman–Crippen MR) is 85.4 cm³/mol. The number of aromatic nitrogens is 4. The van der Waals surface area contributed by atoms with Crippen molar-refractivity contribution in [2.24, 2.45) is 0 Å². The fraction of sp³-hybridized carbons (Fsp3) is 0.312. The Bertz CT molecular complexity index is 789. The third kappa shape index (κ3) is 3.24. The van der Waals surface area contributed by atoms with E-state index < -0.39 is 5.60 Å². The number of hydrogen-bond donors (Lipinski definition) is 2. The predicted octanol–water partition coefficient (Wildman–Crippen LogP) is 2.19. The smallest absolute Gasteiger partial charge is 0.247 e. The Balaban J connectivity index is 1.77. The van der Waals surface area contributed by atoms with Crippen molar-refractivity contribution >= 4 is 5.95 Å². The molecule has 0 aliphatic carbocycles. The fourth-order valence-corrected chi connectivity index (χ4v) is 2.22. The Morgan fingerprint density at radius 3 is 2.57 bits per heavy atom. The lowest BCUT2D eigenvalue weighted by atomic mass is 10.0. The Hall–Kier alpha value is -2.67. The number of rotatable bonds is 5. The standard InChI is InChI=1S/C16H19N5O2/c1-11-4-7-13(8-5-11)21-15(18-19-20-21)17-10-16(3,22)14-9-6-12(2)23-14/h4-9,22H,10H2,1-3H3,(H,17,18,20). The first-order chi connectivity index (χ1) is 11.0. The number of nitrogens with one attached hydrogen (secondary N) is 1. The van der Waals surface area contributed by atoms with E-state index in [2.05, 4.69) is 20.8 Å². The summed E-state index contributed by atoms with van der Waals surface area (Å²) in [5.74, 6) is 1.71. The van der Waals surface area contributed by atoms with Crippen LogP contribution in [0, 0.1) is 13.8 Å². The molecule has 0 spiro atoms. The molecule has 0 fully saturated rings. The molecule has 0 aliphatic heterocycles. The van der Waals surface area contributed by atoms with Gasteiger partial charge in [0.1, 0.15) is 17.1 Å². The highest BCUT2D eigenvalue weighted by atomic mass is 16.4. The summed E-state index contributed by atoms with van der Waals surface area (Å²) in [6, 6.07) is 11.4. The molecule has 23 heavy (non-hydrogen) atoms. The van der Waals surface area contributed by atoms with Gasteiger partial charge >= 0.3 is 0 Å². The molecular formula is C16H19N5O2. The van der Waals surface area contributed by atoms with Crippen LogP contribution >= 0.6 is 0 Å². The molecule has 0 saturated heterocycles. The van der Waals surface area contributed by atoms with Crippen molar-refractivity contribution in [1.29, 1.82) is 0 Å². The number of aliphatic hydroxyl groups is 1. The third-order valence-corrected chi connectivity index (χ3v) is 3.61. The van der Waals surface area contributed by atoms with Crippen molar-refractivity contribution in [3.05, 3.63) is 53.5 Å². The van der Waals surface area contributed by atoms with Gasteiger partial charge in [0.15, 0.2) is 0 Å². The second-order valence-corrected chi connectivity index (χ2v) is 5.79. The van der Waals surface area contributed by atoms with Gasteiger partial charge in [-0.2, -0.15) is 4.68 Å². The zero-order valence-corrected chi connectivity index (χ0v) is 13.3. The molecule has 2 aromatic heterocycles. The molecule has 3 rings (SSSR count). The van der Waals surface area contributed by atoms with Gasteiger partial charge in [0.05, 0.1) is 12.2 Å². The molecule has 7 nitrogen and oxygen atoms in total.